The maximum Gasteiger partial charge on any atom is 0.333 e. The maximum absolute atomic E-state index is 12.1. The number of hydrogen-bond donors (Lipinski definition) is 2. The molecular weight excluding hydrogens is 374 g/mol. The first-order valence-corrected chi connectivity index (χ1v) is 8.62. The van der Waals surface area contributed by atoms with Crippen molar-refractivity contribution in [2.75, 3.05) is 5.32 Å². The van der Waals surface area contributed by atoms with E-state index in [1.807, 2.05) is 0 Å². The summed E-state index contributed by atoms with van der Waals surface area (Å²) in [5.41, 5.74) is 5.64. The predicted molar refractivity (Wildman–Crippen MR) is 93.7 cm³/mol. The molecule has 10 heteroatoms. The summed E-state index contributed by atoms with van der Waals surface area (Å²) >= 11 is 1.11. The molecule has 2 heterocycles. The molecule has 9 nitrogen and oxygen atoms in total. The molecule has 0 bridgehead atoms. The zero-order valence-electron chi connectivity index (χ0n) is 13.8. The lowest BCUT2D eigenvalue weighted by molar-refractivity contribution is -0.168. The number of nitrogens with zero attached hydrogens (tertiary/aromatic N) is 1. The molecule has 3 rings (SSSR count). The Morgan fingerprint density at radius 3 is 2.26 bits per heavy atom. The van der Waals surface area contributed by atoms with Gasteiger partial charge in [-0.2, -0.15) is 0 Å². The molecule has 1 aromatic carbocycles. The standard InChI is InChI=1S/C17H13N3O6S/c18-14(23)11-7-8-27-15(11)19-12(21)5-6-13(22)26-20-16(24)9-3-1-2-4-10(9)17(20)25/h1-4,7-8H,5-6H2,(H2,18,23)(H,19,21). The van der Waals surface area contributed by atoms with E-state index in [1.54, 1.807) is 17.5 Å². The van der Waals surface area contributed by atoms with Crippen LogP contribution >= 0.6 is 11.3 Å². The third-order valence-electron chi connectivity index (χ3n) is 3.69. The van der Waals surface area contributed by atoms with Gasteiger partial charge in [0.05, 0.1) is 23.1 Å². The molecule has 0 aliphatic carbocycles. The Balaban J connectivity index is 1.54. The van der Waals surface area contributed by atoms with Gasteiger partial charge < -0.3 is 15.9 Å². The zero-order chi connectivity index (χ0) is 19.6. The Kier molecular flexibility index (Phi) is 4.99. The van der Waals surface area contributed by atoms with Crippen LogP contribution in [0.2, 0.25) is 0 Å². The topological polar surface area (TPSA) is 136 Å². The van der Waals surface area contributed by atoms with Crippen LogP contribution in [0.1, 0.15) is 43.9 Å². The van der Waals surface area contributed by atoms with E-state index in [0.717, 1.165) is 11.3 Å². The SMILES string of the molecule is NC(=O)c1ccsc1NC(=O)CCC(=O)ON1C(=O)c2ccccc2C1=O. The average Bonchev–Trinajstić information content (AvgIpc) is 3.19. The van der Waals surface area contributed by atoms with E-state index in [4.69, 9.17) is 10.6 Å². The van der Waals surface area contributed by atoms with Crippen molar-refractivity contribution in [2.24, 2.45) is 5.73 Å². The minimum Gasteiger partial charge on any atom is -0.366 e. The van der Waals surface area contributed by atoms with Crippen molar-refractivity contribution >= 4 is 45.9 Å². The number of benzene rings is 1. The first kappa shape index (κ1) is 18.3. The van der Waals surface area contributed by atoms with Gasteiger partial charge in [-0.15, -0.1) is 11.3 Å². The molecule has 0 atom stereocenters. The van der Waals surface area contributed by atoms with Crippen LogP contribution in [-0.4, -0.2) is 34.7 Å². The highest BCUT2D eigenvalue weighted by Crippen LogP contribution is 2.24. The van der Waals surface area contributed by atoms with Gasteiger partial charge in [-0.3, -0.25) is 19.2 Å². The van der Waals surface area contributed by atoms with E-state index in [1.165, 1.54) is 18.2 Å². The summed E-state index contributed by atoms with van der Waals surface area (Å²) in [6, 6.07) is 7.55. The van der Waals surface area contributed by atoms with Crippen LogP contribution in [0, 0.1) is 0 Å². The maximum atomic E-state index is 12.1. The van der Waals surface area contributed by atoms with Crippen LogP contribution in [0.25, 0.3) is 0 Å². The van der Waals surface area contributed by atoms with Gasteiger partial charge in [0.15, 0.2) is 0 Å². The fourth-order valence-corrected chi connectivity index (χ4v) is 3.21. The molecule has 27 heavy (non-hydrogen) atoms. The van der Waals surface area contributed by atoms with E-state index in [-0.39, 0.29) is 34.5 Å². The lowest BCUT2D eigenvalue weighted by Gasteiger charge is -2.12. The van der Waals surface area contributed by atoms with Crippen molar-refractivity contribution in [2.45, 2.75) is 12.8 Å². The summed E-state index contributed by atoms with van der Waals surface area (Å²) < 4.78 is 0. The summed E-state index contributed by atoms with van der Waals surface area (Å²) in [7, 11) is 0. The largest absolute Gasteiger partial charge is 0.366 e. The van der Waals surface area contributed by atoms with E-state index in [0.29, 0.717) is 5.06 Å². The second kappa shape index (κ2) is 7.38. The number of thiophene rings is 1. The number of hydroxylamine groups is 2. The molecule has 0 fully saturated rings. The van der Waals surface area contributed by atoms with Gasteiger partial charge in [0.2, 0.25) is 5.91 Å². The van der Waals surface area contributed by atoms with E-state index >= 15 is 0 Å². The molecule has 2 aromatic rings. The highest BCUT2D eigenvalue weighted by Gasteiger charge is 2.38. The van der Waals surface area contributed by atoms with Crippen LogP contribution in [0.15, 0.2) is 35.7 Å². The van der Waals surface area contributed by atoms with Gasteiger partial charge in [-0.05, 0) is 23.6 Å². The number of carbonyl (C=O) groups excluding carboxylic acids is 5. The number of fused-ring (bicyclic) bond motifs is 1. The summed E-state index contributed by atoms with van der Waals surface area (Å²) in [5, 5.41) is 4.73. The van der Waals surface area contributed by atoms with Crippen molar-refractivity contribution in [1.82, 2.24) is 5.06 Å². The fourth-order valence-electron chi connectivity index (χ4n) is 2.40. The van der Waals surface area contributed by atoms with E-state index < -0.39 is 29.6 Å². The number of primary amides is 1. The number of rotatable bonds is 6. The predicted octanol–water partition coefficient (Wildman–Crippen LogP) is 1.32. The molecule has 0 saturated carbocycles. The first-order valence-electron chi connectivity index (χ1n) is 7.74. The van der Waals surface area contributed by atoms with E-state index in [9.17, 15) is 24.0 Å². The van der Waals surface area contributed by atoms with Gasteiger partial charge in [0.1, 0.15) is 5.00 Å². The van der Waals surface area contributed by atoms with Gasteiger partial charge in [-0.25, -0.2) is 4.79 Å². The van der Waals surface area contributed by atoms with Crippen LogP contribution in [0.3, 0.4) is 0 Å². The lowest BCUT2D eigenvalue weighted by Crippen LogP contribution is -2.32. The number of hydrogen-bond acceptors (Lipinski definition) is 7. The minimum atomic E-state index is -0.916. The Labute approximate surface area is 156 Å². The monoisotopic (exact) mass is 387 g/mol. The Bertz CT molecular complexity index is 932. The smallest absolute Gasteiger partial charge is 0.333 e. The number of anilines is 1. The van der Waals surface area contributed by atoms with E-state index in [2.05, 4.69) is 5.32 Å². The summed E-state index contributed by atoms with van der Waals surface area (Å²) in [6.07, 6.45) is -0.630. The normalized spacial score (nSPS) is 12.7. The number of imide groups is 1. The van der Waals surface area contributed by atoms with Crippen LogP contribution in [0.4, 0.5) is 5.00 Å². The van der Waals surface area contributed by atoms with Crippen molar-refractivity contribution < 1.29 is 28.8 Å². The second-order valence-corrected chi connectivity index (χ2v) is 6.41. The van der Waals surface area contributed by atoms with Crippen molar-refractivity contribution in [1.29, 1.82) is 0 Å². The molecule has 138 valence electrons. The van der Waals surface area contributed by atoms with Gasteiger partial charge >= 0.3 is 5.97 Å². The lowest BCUT2D eigenvalue weighted by atomic mass is 10.1. The molecule has 1 aliphatic rings. The van der Waals surface area contributed by atoms with Crippen molar-refractivity contribution in [3.63, 3.8) is 0 Å². The van der Waals surface area contributed by atoms with Crippen molar-refractivity contribution in [3.8, 4) is 0 Å². The molecular formula is C17H13N3O6S. The van der Waals surface area contributed by atoms with Crippen LogP contribution < -0.4 is 11.1 Å². The summed E-state index contributed by atoms with van der Waals surface area (Å²) in [6.45, 7) is 0. The van der Waals surface area contributed by atoms with Gasteiger partial charge in [0, 0.05) is 6.42 Å². The summed E-state index contributed by atoms with van der Waals surface area (Å²) in [5.74, 6) is -3.62. The number of carbonyl (C=O) groups is 5. The number of amides is 4. The molecule has 4 amide bonds. The summed E-state index contributed by atoms with van der Waals surface area (Å²) in [4.78, 5) is 64.0. The highest BCUT2D eigenvalue weighted by atomic mass is 32.1. The first-order chi connectivity index (χ1) is 12.9. The third kappa shape index (κ3) is 3.70. The Morgan fingerprint density at radius 1 is 1.04 bits per heavy atom. The van der Waals surface area contributed by atoms with Crippen LogP contribution in [-0.2, 0) is 14.4 Å². The molecule has 0 saturated heterocycles. The van der Waals surface area contributed by atoms with Gasteiger partial charge in [-0.1, -0.05) is 17.2 Å². The van der Waals surface area contributed by atoms with Gasteiger partial charge in [0.25, 0.3) is 17.7 Å². The highest BCUT2D eigenvalue weighted by molar-refractivity contribution is 7.14. The van der Waals surface area contributed by atoms with Crippen LogP contribution in [0.5, 0.6) is 0 Å². The number of nitrogens with two attached hydrogens (primary N) is 1. The molecule has 3 N–H and O–H groups in total. The molecule has 1 aromatic heterocycles. The molecule has 0 spiro atoms. The number of nitrogens with one attached hydrogen (secondary N) is 1. The Morgan fingerprint density at radius 2 is 1.67 bits per heavy atom. The fraction of sp³-hybridized carbons (Fsp3) is 0.118. The average molecular weight is 387 g/mol. The quantitative estimate of drug-likeness (QED) is 0.718. The minimum absolute atomic E-state index is 0.143. The third-order valence-corrected chi connectivity index (χ3v) is 4.52. The molecule has 0 unspecified atom stereocenters. The zero-order valence-corrected chi connectivity index (χ0v) is 14.6. The van der Waals surface area contributed by atoms with Crippen molar-refractivity contribution in [3.05, 3.63) is 52.4 Å². The molecule has 0 radical (unpaired) electrons. The second-order valence-electron chi connectivity index (χ2n) is 5.49. The Hall–Kier alpha value is -3.53. The molecule has 1 aliphatic heterocycles.